The van der Waals surface area contributed by atoms with Gasteiger partial charge in [0.2, 0.25) is 0 Å². The van der Waals surface area contributed by atoms with Gasteiger partial charge in [0.1, 0.15) is 17.4 Å². The predicted molar refractivity (Wildman–Crippen MR) is 79.0 cm³/mol. The summed E-state index contributed by atoms with van der Waals surface area (Å²) < 4.78 is 12.6. The van der Waals surface area contributed by atoms with Crippen LogP contribution in [0.1, 0.15) is 13.8 Å². The van der Waals surface area contributed by atoms with Crippen LogP contribution in [0.25, 0.3) is 0 Å². The Kier molecular flexibility index (Phi) is 5.38. The summed E-state index contributed by atoms with van der Waals surface area (Å²) >= 11 is 1.92. The van der Waals surface area contributed by atoms with Crippen LogP contribution in [0.3, 0.4) is 0 Å². The van der Waals surface area contributed by atoms with Gasteiger partial charge in [0.15, 0.2) is 4.91 Å². The standard InChI is InChI=1S/C12H14BrN3O2S/c1-12(2,17)7-19(18)9-3-10(13)11(16-6-9)8(4-14)5-15/h3-4,6,14,16-17H,7H2,1-2H3/b11-8+,14-4?. The number of hydrogen-bond donors (Lipinski definition) is 3. The van der Waals surface area contributed by atoms with E-state index in [1.165, 1.54) is 6.20 Å². The Hall–Kier alpha value is -1.07. The maximum Gasteiger partial charge on any atom is 0.169 e. The van der Waals surface area contributed by atoms with Crippen LogP contribution in [-0.2, 0) is 11.2 Å². The first-order valence-electron chi connectivity index (χ1n) is 5.38. The molecule has 0 amide bonds. The molecule has 1 aliphatic rings. The van der Waals surface area contributed by atoms with Gasteiger partial charge < -0.3 is 20.4 Å². The van der Waals surface area contributed by atoms with E-state index in [9.17, 15) is 9.66 Å². The molecule has 0 saturated heterocycles. The number of rotatable bonds is 4. The topological polar surface area (TPSA) is 103 Å². The summed E-state index contributed by atoms with van der Waals surface area (Å²) in [6.45, 7) is 3.18. The number of aliphatic hydroxyl groups is 1. The van der Waals surface area contributed by atoms with Crippen molar-refractivity contribution in [3.63, 3.8) is 0 Å². The zero-order chi connectivity index (χ0) is 14.6. The normalized spacial score (nSPS) is 19.6. The van der Waals surface area contributed by atoms with Gasteiger partial charge in [0.25, 0.3) is 0 Å². The van der Waals surface area contributed by atoms with Crippen molar-refractivity contribution in [1.82, 2.24) is 5.32 Å². The smallest absolute Gasteiger partial charge is 0.169 e. The highest BCUT2D eigenvalue weighted by Crippen LogP contribution is 2.27. The van der Waals surface area contributed by atoms with Gasteiger partial charge in [-0.1, -0.05) is 0 Å². The Morgan fingerprint density at radius 1 is 1.74 bits per heavy atom. The lowest BCUT2D eigenvalue weighted by molar-refractivity contribution is 0.105. The second-order valence-electron chi connectivity index (χ2n) is 4.53. The van der Waals surface area contributed by atoms with Crippen LogP contribution in [0, 0.1) is 16.7 Å². The van der Waals surface area contributed by atoms with Crippen molar-refractivity contribution >= 4 is 33.3 Å². The Balaban J connectivity index is 2.95. The molecule has 1 heterocycles. The summed E-state index contributed by atoms with van der Waals surface area (Å²) in [5.41, 5.74) is -0.386. The van der Waals surface area contributed by atoms with Crippen LogP contribution in [0.5, 0.6) is 0 Å². The predicted octanol–water partition coefficient (Wildman–Crippen LogP) is 1.66. The molecule has 1 unspecified atom stereocenters. The molecular formula is C12H14BrN3O2S. The SMILES string of the molecule is CC(C)(O)C[S+]([O-])C1=CN/C(=C(/C#N)C=N)C(Br)=C1. The average molecular weight is 344 g/mol. The van der Waals surface area contributed by atoms with Crippen molar-refractivity contribution < 1.29 is 9.66 Å². The molecule has 0 aliphatic carbocycles. The van der Waals surface area contributed by atoms with Gasteiger partial charge in [-0.25, -0.2) is 0 Å². The molecule has 7 heteroatoms. The molecule has 0 radical (unpaired) electrons. The molecule has 1 rings (SSSR count). The zero-order valence-electron chi connectivity index (χ0n) is 10.5. The van der Waals surface area contributed by atoms with Gasteiger partial charge in [0.05, 0.1) is 17.5 Å². The number of hydrogen-bond acceptors (Lipinski definition) is 5. The van der Waals surface area contributed by atoms with Crippen molar-refractivity contribution in [2.45, 2.75) is 19.4 Å². The van der Waals surface area contributed by atoms with Crippen molar-refractivity contribution in [1.29, 1.82) is 10.7 Å². The lowest BCUT2D eigenvalue weighted by Crippen LogP contribution is -2.31. The van der Waals surface area contributed by atoms with Crippen molar-refractivity contribution in [3.8, 4) is 6.07 Å². The highest BCUT2D eigenvalue weighted by atomic mass is 79.9. The second-order valence-corrected chi connectivity index (χ2v) is 6.84. The van der Waals surface area contributed by atoms with Crippen LogP contribution in [0.15, 0.2) is 32.9 Å². The highest BCUT2D eigenvalue weighted by Gasteiger charge is 2.26. The Bertz CT molecular complexity index is 512. The molecule has 3 N–H and O–H groups in total. The minimum Gasteiger partial charge on any atom is -0.611 e. The third-order valence-corrected chi connectivity index (χ3v) is 4.50. The van der Waals surface area contributed by atoms with E-state index in [1.807, 2.05) is 6.07 Å². The number of nitrogens with zero attached hydrogens (tertiary/aromatic N) is 1. The van der Waals surface area contributed by atoms with Crippen molar-refractivity contribution in [3.05, 3.63) is 32.9 Å². The van der Waals surface area contributed by atoms with E-state index in [0.29, 0.717) is 15.1 Å². The van der Waals surface area contributed by atoms with E-state index < -0.39 is 16.8 Å². The highest BCUT2D eigenvalue weighted by molar-refractivity contribution is 9.12. The summed E-state index contributed by atoms with van der Waals surface area (Å²) in [5, 5.41) is 28.5. The fraction of sp³-hybridized carbons (Fsp3) is 0.333. The molecular weight excluding hydrogens is 330 g/mol. The number of halogens is 1. The fourth-order valence-corrected chi connectivity index (χ4v) is 3.33. The van der Waals surface area contributed by atoms with Crippen LogP contribution >= 0.6 is 15.9 Å². The van der Waals surface area contributed by atoms with E-state index in [-0.39, 0.29) is 11.3 Å². The van der Waals surface area contributed by atoms with Gasteiger partial charge >= 0.3 is 0 Å². The van der Waals surface area contributed by atoms with Gasteiger partial charge in [-0.2, -0.15) is 5.26 Å². The molecule has 0 fully saturated rings. The summed E-state index contributed by atoms with van der Waals surface area (Å²) in [4.78, 5) is 0.514. The van der Waals surface area contributed by atoms with E-state index >= 15 is 0 Å². The van der Waals surface area contributed by atoms with Gasteiger partial charge in [-0.05, 0) is 41.0 Å². The molecule has 0 saturated carbocycles. The Morgan fingerprint density at radius 2 is 2.37 bits per heavy atom. The molecule has 0 aromatic carbocycles. The fourth-order valence-electron chi connectivity index (χ4n) is 1.35. The Labute approximate surface area is 123 Å². The first-order chi connectivity index (χ1) is 8.78. The minimum atomic E-state index is -1.35. The third-order valence-electron chi connectivity index (χ3n) is 2.15. The molecule has 1 aliphatic heterocycles. The number of dihydropyridines is 1. The molecule has 102 valence electrons. The van der Waals surface area contributed by atoms with Gasteiger partial charge in [0, 0.05) is 16.8 Å². The largest absolute Gasteiger partial charge is 0.611 e. The van der Waals surface area contributed by atoms with Gasteiger partial charge in [-0.3, -0.25) is 0 Å². The molecule has 0 bridgehead atoms. The average Bonchev–Trinajstić information content (AvgIpc) is 2.30. The van der Waals surface area contributed by atoms with Crippen LogP contribution in [0.4, 0.5) is 0 Å². The molecule has 1 atom stereocenters. The Morgan fingerprint density at radius 3 is 2.79 bits per heavy atom. The summed E-state index contributed by atoms with van der Waals surface area (Å²) in [6, 6.07) is 1.89. The zero-order valence-corrected chi connectivity index (χ0v) is 12.9. The quantitative estimate of drug-likeness (QED) is 0.410. The maximum absolute atomic E-state index is 12.0. The second kappa shape index (κ2) is 6.39. The molecule has 0 aromatic rings. The monoisotopic (exact) mass is 343 g/mol. The first kappa shape index (κ1) is 16.0. The summed E-state index contributed by atoms with van der Waals surface area (Å²) in [6.07, 6.45) is 4.08. The maximum atomic E-state index is 12.0. The van der Waals surface area contributed by atoms with E-state index in [1.54, 1.807) is 19.9 Å². The third kappa shape index (κ3) is 4.51. The van der Waals surface area contributed by atoms with Crippen LogP contribution in [-0.4, -0.2) is 27.2 Å². The van der Waals surface area contributed by atoms with E-state index in [2.05, 4.69) is 21.2 Å². The molecule has 19 heavy (non-hydrogen) atoms. The first-order valence-corrected chi connectivity index (χ1v) is 7.49. The summed E-state index contributed by atoms with van der Waals surface area (Å²) in [7, 11) is 0. The van der Waals surface area contributed by atoms with E-state index in [4.69, 9.17) is 10.7 Å². The van der Waals surface area contributed by atoms with Crippen molar-refractivity contribution in [2.24, 2.45) is 0 Å². The van der Waals surface area contributed by atoms with Crippen LogP contribution in [0.2, 0.25) is 0 Å². The van der Waals surface area contributed by atoms with Crippen molar-refractivity contribution in [2.75, 3.05) is 5.75 Å². The molecule has 0 spiro atoms. The number of nitriles is 1. The summed E-state index contributed by atoms with van der Waals surface area (Å²) in [5.74, 6) is 0.117. The lowest BCUT2D eigenvalue weighted by Gasteiger charge is -2.22. The van der Waals surface area contributed by atoms with Gasteiger partial charge in [-0.15, -0.1) is 0 Å². The van der Waals surface area contributed by atoms with Crippen LogP contribution < -0.4 is 5.32 Å². The molecule has 0 aromatic heterocycles. The number of nitrogens with one attached hydrogen (secondary N) is 2. The number of allylic oxidation sites excluding steroid dienone is 3. The lowest BCUT2D eigenvalue weighted by atomic mass is 10.2. The molecule has 5 nitrogen and oxygen atoms in total. The van der Waals surface area contributed by atoms with E-state index in [0.717, 1.165) is 6.21 Å². The minimum absolute atomic E-state index is 0.117.